The molecule has 2 aromatic rings. The van der Waals surface area contributed by atoms with Crippen LogP contribution in [0.5, 0.6) is 0 Å². The number of amides is 1. The molecule has 2 aromatic heterocycles. The molecular formula is C14H17N3O2S3. The number of rotatable bonds is 5. The highest BCUT2D eigenvalue weighted by molar-refractivity contribution is 8.01. The van der Waals surface area contributed by atoms with Gasteiger partial charge in [0.15, 0.2) is 4.34 Å². The zero-order chi connectivity index (χ0) is 15.4. The summed E-state index contributed by atoms with van der Waals surface area (Å²) in [5, 5.41) is 13.7. The number of carbonyl (C=O) groups is 1. The SMILES string of the molecule is CCSc1nnc(NC(=O)C2(c3cccs3)CCOCC2)s1. The first-order chi connectivity index (χ1) is 10.7. The molecule has 0 radical (unpaired) electrons. The number of aromatic nitrogens is 2. The van der Waals surface area contributed by atoms with E-state index in [-0.39, 0.29) is 5.91 Å². The minimum atomic E-state index is -0.504. The summed E-state index contributed by atoms with van der Waals surface area (Å²) in [5.74, 6) is 0.946. The summed E-state index contributed by atoms with van der Waals surface area (Å²) in [6.07, 6.45) is 1.41. The molecule has 8 heteroatoms. The van der Waals surface area contributed by atoms with Crippen LogP contribution in [0.1, 0.15) is 24.6 Å². The van der Waals surface area contributed by atoms with Crippen LogP contribution in [0.2, 0.25) is 0 Å². The zero-order valence-corrected chi connectivity index (χ0v) is 14.7. The summed E-state index contributed by atoms with van der Waals surface area (Å²) in [6, 6.07) is 4.03. The van der Waals surface area contributed by atoms with Crippen LogP contribution in [-0.2, 0) is 14.9 Å². The minimum absolute atomic E-state index is 0.00227. The van der Waals surface area contributed by atoms with Crippen molar-refractivity contribution in [3.8, 4) is 0 Å². The van der Waals surface area contributed by atoms with Gasteiger partial charge in [-0.15, -0.1) is 21.5 Å². The largest absolute Gasteiger partial charge is 0.381 e. The number of nitrogens with one attached hydrogen (secondary N) is 1. The quantitative estimate of drug-likeness (QED) is 0.658. The number of nitrogens with zero attached hydrogens (tertiary/aromatic N) is 2. The molecule has 0 bridgehead atoms. The lowest BCUT2D eigenvalue weighted by Gasteiger charge is -2.34. The van der Waals surface area contributed by atoms with Gasteiger partial charge < -0.3 is 4.74 Å². The number of carbonyl (C=O) groups excluding carboxylic acids is 1. The third kappa shape index (κ3) is 3.19. The Morgan fingerprint density at radius 3 is 2.95 bits per heavy atom. The van der Waals surface area contributed by atoms with Gasteiger partial charge in [-0.3, -0.25) is 10.1 Å². The first-order valence-electron chi connectivity index (χ1n) is 7.14. The molecule has 1 fully saturated rings. The smallest absolute Gasteiger partial charge is 0.237 e. The fourth-order valence-corrected chi connectivity index (χ4v) is 5.14. The first kappa shape index (κ1) is 15.9. The second-order valence-electron chi connectivity index (χ2n) is 4.93. The second-order valence-corrected chi connectivity index (χ2v) is 8.37. The Balaban J connectivity index is 1.80. The molecule has 1 aliphatic rings. The van der Waals surface area contributed by atoms with Gasteiger partial charge in [-0.05, 0) is 30.0 Å². The molecule has 3 rings (SSSR count). The van der Waals surface area contributed by atoms with Crippen molar-refractivity contribution in [2.75, 3.05) is 24.3 Å². The Bertz CT molecular complexity index is 621. The highest BCUT2D eigenvalue weighted by atomic mass is 32.2. The van der Waals surface area contributed by atoms with Crippen molar-refractivity contribution in [3.63, 3.8) is 0 Å². The van der Waals surface area contributed by atoms with E-state index >= 15 is 0 Å². The van der Waals surface area contributed by atoms with Gasteiger partial charge >= 0.3 is 0 Å². The van der Waals surface area contributed by atoms with E-state index in [1.54, 1.807) is 23.1 Å². The van der Waals surface area contributed by atoms with Gasteiger partial charge in [-0.1, -0.05) is 36.1 Å². The summed E-state index contributed by atoms with van der Waals surface area (Å²) >= 11 is 4.69. The number of ether oxygens (including phenoxy) is 1. The number of hydrogen-bond donors (Lipinski definition) is 1. The number of anilines is 1. The third-order valence-corrected chi connectivity index (χ3v) is 6.60. The maximum Gasteiger partial charge on any atom is 0.237 e. The number of hydrogen-bond acceptors (Lipinski definition) is 7. The molecule has 0 saturated carbocycles. The standard InChI is InChI=1S/C14H17N3O2S3/c1-2-20-13-17-16-12(22-13)15-11(18)14(5-7-19-8-6-14)10-4-3-9-21-10/h3-4,9H,2,5-8H2,1H3,(H,15,16,18). The van der Waals surface area contributed by atoms with Gasteiger partial charge in [-0.25, -0.2) is 0 Å². The monoisotopic (exact) mass is 355 g/mol. The second kappa shape index (κ2) is 7.08. The van der Waals surface area contributed by atoms with Crippen molar-refractivity contribution in [2.45, 2.75) is 29.5 Å². The van der Waals surface area contributed by atoms with E-state index in [1.165, 1.54) is 11.3 Å². The molecule has 1 aliphatic heterocycles. The molecule has 1 saturated heterocycles. The maximum atomic E-state index is 12.9. The fraction of sp³-hybridized carbons (Fsp3) is 0.500. The van der Waals surface area contributed by atoms with Crippen molar-refractivity contribution in [2.24, 2.45) is 0 Å². The predicted molar refractivity (Wildman–Crippen MR) is 91.0 cm³/mol. The van der Waals surface area contributed by atoms with Gasteiger partial charge in [0.25, 0.3) is 0 Å². The Morgan fingerprint density at radius 1 is 1.45 bits per heavy atom. The van der Waals surface area contributed by atoms with Crippen LogP contribution in [0.4, 0.5) is 5.13 Å². The molecule has 22 heavy (non-hydrogen) atoms. The van der Waals surface area contributed by atoms with Crippen LogP contribution in [-0.4, -0.2) is 35.1 Å². The number of thiophene rings is 1. The molecule has 1 N–H and O–H groups in total. The zero-order valence-electron chi connectivity index (χ0n) is 12.2. The van der Waals surface area contributed by atoms with E-state index in [2.05, 4.69) is 22.4 Å². The average molecular weight is 356 g/mol. The van der Waals surface area contributed by atoms with Gasteiger partial charge in [0.2, 0.25) is 11.0 Å². The molecule has 1 amide bonds. The van der Waals surface area contributed by atoms with Crippen LogP contribution in [0.25, 0.3) is 0 Å². The predicted octanol–water partition coefficient (Wildman–Crippen LogP) is 3.40. The Hall–Kier alpha value is -0.960. The van der Waals surface area contributed by atoms with Gasteiger partial charge in [-0.2, -0.15) is 0 Å². The fourth-order valence-electron chi connectivity index (χ4n) is 2.51. The summed E-state index contributed by atoms with van der Waals surface area (Å²) in [6.45, 7) is 3.29. The summed E-state index contributed by atoms with van der Waals surface area (Å²) in [4.78, 5) is 14.0. The highest BCUT2D eigenvalue weighted by Crippen LogP contribution is 2.39. The van der Waals surface area contributed by atoms with Crippen LogP contribution in [0.3, 0.4) is 0 Å². The molecular weight excluding hydrogens is 338 g/mol. The lowest BCUT2D eigenvalue weighted by Crippen LogP contribution is -2.44. The van der Waals surface area contributed by atoms with E-state index in [9.17, 15) is 4.79 Å². The minimum Gasteiger partial charge on any atom is -0.381 e. The molecule has 3 heterocycles. The Labute approximate surface area is 141 Å². The van der Waals surface area contributed by atoms with Crippen molar-refractivity contribution < 1.29 is 9.53 Å². The molecule has 0 aromatic carbocycles. The van der Waals surface area contributed by atoms with E-state index in [1.807, 2.05) is 17.5 Å². The van der Waals surface area contributed by atoms with Gasteiger partial charge in [0.05, 0.1) is 5.41 Å². The van der Waals surface area contributed by atoms with Gasteiger partial charge in [0.1, 0.15) is 0 Å². The molecule has 0 unspecified atom stereocenters. The summed E-state index contributed by atoms with van der Waals surface area (Å²) in [7, 11) is 0. The van der Waals surface area contributed by atoms with Crippen molar-refractivity contribution >= 4 is 45.5 Å². The summed E-state index contributed by atoms with van der Waals surface area (Å²) in [5.41, 5.74) is -0.504. The van der Waals surface area contributed by atoms with Crippen LogP contribution < -0.4 is 5.32 Å². The van der Waals surface area contributed by atoms with E-state index in [0.717, 1.165) is 15.0 Å². The Morgan fingerprint density at radius 2 is 2.27 bits per heavy atom. The lowest BCUT2D eigenvalue weighted by atomic mass is 9.78. The third-order valence-electron chi connectivity index (χ3n) is 3.67. The van der Waals surface area contributed by atoms with Gasteiger partial charge in [0, 0.05) is 18.1 Å². The molecule has 0 atom stereocenters. The summed E-state index contributed by atoms with van der Waals surface area (Å²) < 4.78 is 6.34. The molecule has 118 valence electrons. The van der Waals surface area contributed by atoms with E-state index in [4.69, 9.17) is 4.74 Å². The normalized spacial score (nSPS) is 17.3. The van der Waals surface area contributed by atoms with E-state index in [0.29, 0.717) is 31.2 Å². The lowest BCUT2D eigenvalue weighted by molar-refractivity contribution is -0.125. The average Bonchev–Trinajstić information content (AvgIpc) is 3.20. The molecule has 0 aliphatic carbocycles. The van der Waals surface area contributed by atoms with E-state index < -0.39 is 5.41 Å². The Kier molecular flexibility index (Phi) is 5.12. The van der Waals surface area contributed by atoms with Crippen LogP contribution in [0.15, 0.2) is 21.9 Å². The molecule has 0 spiro atoms. The topological polar surface area (TPSA) is 64.1 Å². The first-order valence-corrected chi connectivity index (χ1v) is 9.82. The number of thioether (sulfide) groups is 1. The van der Waals surface area contributed by atoms with Crippen LogP contribution in [0, 0.1) is 0 Å². The maximum absolute atomic E-state index is 12.9. The molecule has 5 nitrogen and oxygen atoms in total. The van der Waals surface area contributed by atoms with Crippen molar-refractivity contribution in [1.29, 1.82) is 0 Å². The van der Waals surface area contributed by atoms with Crippen molar-refractivity contribution in [3.05, 3.63) is 22.4 Å². The van der Waals surface area contributed by atoms with Crippen LogP contribution >= 0.6 is 34.4 Å². The van der Waals surface area contributed by atoms with Crippen molar-refractivity contribution in [1.82, 2.24) is 10.2 Å². The highest BCUT2D eigenvalue weighted by Gasteiger charge is 2.42.